The Bertz CT molecular complexity index is 1230. The van der Waals surface area contributed by atoms with Crippen LogP contribution in [0.3, 0.4) is 0 Å². The lowest BCUT2D eigenvalue weighted by Gasteiger charge is -2.12. The van der Waals surface area contributed by atoms with Gasteiger partial charge in [-0.05, 0) is 18.2 Å². The summed E-state index contributed by atoms with van der Waals surface area (Å²) in [5.41, 5.74) is 8.81. The lowest BCUT2D eigenvalue weighted by Crippen LogP contribution is -2.12. The summed E-state index contributed by atoms with van der Waals surface area (Å²) in [6, 6.07) is 18.8. The summed E-state index contributed by atoms with van der Waals surface area (Å²) < 4.78 is 7.77. The Hall–Kier alpha value is -4.06. The van der Waals surface area contributed by atoms with Crippen molar-refractivity contribution >= 4 is 0 Å². The molecule has 2 aromatic carbocycles. The maximum Gasteiger partial charge on any atom is 0.218 e. The van der Waals surface area contributed by atoms with Crippen molar-refractivity contribution in [3.8, 4) is 40.3 Å². The van der Waals surface area contributed by atoms with Crippen LogP contribution in [-0.2, 0) is 7.05 Å². The fourth-order valence-corrected chi connectivity index (χ4v) is 3.05. The molecule has 0 aliphatic heterocycles. The number of nitrogens with two attached hydrogens (primary N) is 1. The largest absolute Gasteiger partial charge is 0.438 e. The Morgan fingerprint density at radius 1 is 1.13 bits per heavy atom. The lowest BCUT2D eigenvalue weighted by atomic mass is 10.1. The van der Waals surface area contributed by atoms with Crippen LogP contribution in [0.4, 0.5) is 0 Å². The average molecular weight is 412 g/mol. The first-order chi connectivity index (χ1) is 15.1. The molecule has 1 atom stereocenters. The number of aryl methyl sites for hydroxylation is 1. The molecular weight excluding hydrogens is 392 g/mol. The molecule has 0 fully saturated rings. The molecule has 4 rings (SSSR count). The third kappa shape index (κ3) is 4.28. The smallest absolute Gasteiger partial charge is 0.218 e. The van der Waals surface area contributed by atoms with E-state index in [-0.39, 0.29) is 6.54 Å². The van der Waals surface area contributed by atoms with E-state index in [2.05, 4.69) is 21.1 Å². The molecule has 2 heterocycles. The van der Waals surface area contributed by atoms with E-state index in [1.165, 1.54) is 12.4 Å². The van der Waals surface area contributed by atoms with E-state index in [1.807, 2.05) is 36.4 Å². The summed E-state index contributed by atoms with van der Waals surface area (Å²) in [5, 5.41) is 23.7. The van der Waals surface area contributed by atoms with Crippen LogP contribution in [0.5, 0.6) is 11.6 Å². The van der Waals surface area contributed by atoms with Crippen LogP contribution in [-0.4, -0.2) is 31.4 Å². The van der Waals surface area contributed by atoms with Gasteiger partial charge in [-0.1, -0.05) is 30.3 Å². The third-order valence-electron chi connectivity index (χ3n) is 4.75. The van der Waals surface area contributed by atoms with Gasteiger partial charge in [0.15, 0.2) is 5.82 Å². The number of hydrogen-bond donors (Lipinski definition) is 2. The van der Waals surface area contributed by atoms with Crippen molar-refractivity contribution in [3.05, 3.63) is 78.1 Å². The van der Waals surface area contributed by atoms with Crippen molar-refractivity contribution in [1.29, 1.82) is 5.26 Å². The average Bonchev–Trinajstić information content (AvgIpc) is 3.19. The summed E-state index contributed by atoms with van der Waals surface area (Å²) in [6.45, 7) is 0.0815. The standard InChI is InChI=1S/C23H20N6O2/c1-29-22(10-19(28-29)16-5-3-2-4-6-16)31-21-9-15(11-24)7-8-18(21)23-26-13-17(14-27-23)20(30)12-25/h2-10,13-14,20,30H,12,25H2,1H3. The first-order valence-electron chi connectivity index (χ1n) is 9.61. The van der Waals surface area contributed by atoms with Crippen LogP contribution in [0.1, 0.15) is 17.2 Å². The van der Waals surface area contributed by atoms with Crippen molar-refractivity contribution in [2.45, 2.75) is 6.10 Å². The molecule has 4 aromatic rings. The van der Waals surface area contributed by atoms with Gasteiger partial charge in [-0.25, -0.2) is 14.6 Å². The molecule has 0 aliphatic rings. The highest BCUT2D eigenvalue weighted by molar-refractivity contribution is 5.67. The second-order valence-corrected chi connectivity index (χ2v) is 6.87. The molecule has 31 heavy (non-hydrogen) atoms. The molecule has 0 aliphatic carbocycles. The molecule has 0 saturated carbocycles. The number of nitriles is 1. The molecule has 8 heteroatoms. The summed E-state index contributed by atoms with van der Waals surface area (Å²) in [6.07, 6.45) is 2.23. The molecule has 1 unspecified atom stereocenters. The molecule has 0 spiro atoms. The zero-order valence-corrected chi connectivity index (χ0v) is 16.8. The SMILES string of the molecule is Cn1nc(-c2ccccc2)cc1Oc1cc(C#N)ccc1-c1ncc(C(O)CN)cn1. The van der Waals surface area contributed by atoms with Crippen LogP contribution in [0, 0.1) is 11.3 Å². The summed E-state index contributed by atoms with van der Waals surface area (Å²) in [5.74, 6) is 1.33. The van der Waals surface area contributed by atoms with Crippen LogP contribution in [0.2, 0.25) is 0 Å². The molecule has 0 saturated heterocycles. The van der Waals surface area contributed by atoms with Gasteiger partial charge in [0.05, 0.1) is 29.0 Å². The van der Waals surface area contributed by atoms with Gasteiger partial charge in [0, 0.05) is 43.2 Å². The second kappa shape index (κ2) is 8.75. The fourth-order valence-electron chi connectivity index (χ4n) is 3.05. The van der Waals surface area contributed by atoms with Gasteiger partial charge in [-0.2, -0.15) is 10.4 Å². The third-order valence-corrected chi connectivity index (χ3v) is 4.75. The minimum atomic E-state index is -0.823. The van der Waals surface area contributed by atoms with Crippen molar-refractivity contribution in [3.63, 3.8) is 0 Å². The van der Waals surface area contributed by atoms with Gasteiger partial charge in [-0.3, -0.25) is 0 Å². The number of nitrogens with zero attached hydrogens (tertiary/aromatic N) is 5. The molecule has 0 amide bonds. The van der Waals surface area contributed by atoms with Crippen LogP contribution in [0.25, 0.3) is 22.6 Å². The summed E-state index contributed by atoms with van der Waals surface area (Å²) >= 11 is 0. The fraction of sp³-hybridized carbons (Fsp3) is 0.130. The van der Waals surface area contributed by atoms with Crippen LogP contribution >= 0.6 is 0 Å². The maximum atomic E-state index is 9.86. The van der Waals surface area contributed by atoms with E-state index in [0.717, 1.165) is 11.3 Å². The summed E-state index contributed by atoms with van der Waals surface area (Å²) in [7, 11) is 1.79. The second-order valence-electron chi connectivity index (χ2n) is 6.87. The number of benzene rings is 2. The highest BCUT2D eigenvalue weighted by Crippen LogP contribution is 2.34. The van der Waals surface area contributed by atoms with E-state index in [0.29, 0.717) is 34.1 Å². The number of hydrogen-bond acceptors (Lipinski definition) is 7. The first-order valence-corrected chi connectivity index (χ1v) is 9.61. The van der Waals surface area contributed by atoms with Crippen molar-refractivity contribution in [1.82, 2.24) is 19.7 Å². The Labute approximate surface area is 179 Å². The molecule has 3 N–H and O–H groups in total. The minimum Gasteiger partial charge on any atom is -0.438 e. The Balaban J connectivity index is 1.70. The first kappa shape index (κ1) is 20.2. The van der Waals surface area contributed by atoms with Gasteiger partial charge >= 0.3 is 0 Å². The molecule has 154 valence electrons. The van der Waals surface area contributed by atoms with Crippen molar-refractivity contribution in [2.24, 2.45) is 12.8 Å². The monoisotopic (exact) mass is 412 g/mol. The van der Waals surface area contributed by atoms with E-state index >= 15 is 0 Å². The van der Waals surface area contributed by atoms with E-state index < -0.39 is 6.10 Å². The molecule has 0 radical (unpaired) electrons. The van der Waals surface area contributed by atoms with Crippen LogP contribution in [0.15, 0.2) is 67.0 Å². The number of aliphatic hydroxyl groups excluding tert-OH is 1. The van der Waals surface area contributed by atoms with Gasteiger partial charge in [-0.15, -0.1) is 0 Å². The van der Waals surface area contributed by atoms with Gasteiger partial charge < -0.3 is 15.6 Å². The Kier molecular flexibility index (Phi) is 5.71. The minimum absolute atomic E-state index is 0.0815. The number of rotatable bonds is 6. The van der Waals surface area contributed by atoms with Gasteiger partial charge in [0.2, 0.25) is 5.88 Å². The highest BCUT2D eigenvalue weighted by atomic mass is 16.5. The van der Waals surface area contributed by atoms with E-state index in [9.17, 15) is 10.4 Å². The van der Waals surface area contributed by atoms with Gasteiger partial charge in [0.1, 0.15) is 5.75 Å². The topological polar surface area (TPSA) is 123 Å². The van der Waals surface area contributed by atoms with Gasteiger partial charge in [0.25, 0.3) is 0 Å². The molecule has 8 nitrogen and oxygen atoms in total. The highest BCUT2D eigenvalue weighted by Gasteiger charge is 2.16. The van der Waals surface area contributed by atoms with E-state index in [1.54, 1.807) is 29.9 Å². The van der Waals surface area contributed by atoms with Crippen molar-refractivity contribution < 1.29 is 9.84 Å². The van der Waals surface area contributed by atoms with Crippen LogP contribution < -0.4 is 10.5 Å². The molecule has 2 aromatic heterocycles. The van der Waals surface area contributed by atoms with Crippen molar-refractivity contribution in [2.75, 3.05) is 6.54 Å². The predicted molar refractivity (Wildman–Crippen MR) is 115 cm³/mol. The molecular formula is C23H20N6O2. The lowest BCUT2D eigenvalue weighted by molar-refractivity contribution is 0.186. The Morgan fingerprint density at radius 2 is 1.87 bits per heavy atom. The Morgan fingerprint density at radius 3 is 2.55 bits per heavy atom. The number of aromatic nitrogens is 4. The van der Waals surface area contributed by atoms with E-state index in [4.69, 9.17) is 10.5 Å². The number of ether oxygens (including phenoxy) is 1. The predicted octanol–water partition coefficient (Wildman–Crippen LogP) is 3.20. The maximum absolute atomic E-state index is 9.86. The number of aliphatic hydroxyl groups is 1. The molecule has 0 bridgehead atoms. The summed E-state index contributed by atoms with van der Waals surface area (Å²) in [4.78, 5) is 8.68. The zero-order valence-electron chi connectivity index (χ0n) is 16.8. The normalized spacial score (nSPS) is 11.7. The quantitative estimate of drug-likeness (QED) is 0.498. The zero-order chi connectivity index (χ0) is 21.8.